The number of carbonyl (C=O) groups excluding carboxylic acids is 1. The van der Waals surface area contributed by atoms with E-state index in [2.05, 4.69) is 21.2 Å². The number of nitrogens with one attached hydrogen (secondary N) is 1. The fourth-order valence-corrected chi connectivity index (χ4v) is 3.78. The molecule has 4 rings (SSSR count). The molecule has 0 aromatic heterocycles. The number of hydrogen-bond donors (Lipinski definition) is 2. The molecule has 7 heteroatoms. The summed E-state index contributed by atoms with van der Waals surface area (Å²) in [6.07, 6.45) is 0. The fourth-order valence-electron chi connectivity index (χ4n) is 3.51. The third-order valence-corrected chi connectivity index (χ3v) is 5.58. The van der Waals surface area contributed by atoms with Crippen LogP contribution in [0.3, 0.4) is 0 Å². The van der Waals surface area contributed by atoms with Gasteiger partial charge < -0.3 is 10.4 Å². The maximum atomic E-state index is 13.0. The number of phenols is 1. The quantitative estimate of drug-likeness (QED) is 0.284. The first-order valence-electron chi connectivity index (χ1n) is 9.45. The van der Waals surface area contributed by atoms with Crippen LogP contribution < -0.4 is 5.32 Å². The second-order valence-corrected chi connectivity index (χ2v) is 7.90. The summed E-state index contributed by atoms with van der Waals surface area (Å²) < 4.78 is 0.850. The van der Waals surface area contributed by atoms with Gasteiger partial charge in [-0.1, -0.05) is 46.3 Å². The van der Waals surface area contributed by atoms with Gasteiger partial charge in [-0.25, -0.2) is 0 Å². The minimum absolute atomic E-state index is 0.0261. The molecule has 6 nitrogen and oxygen atoms in total. The molecule has 2 N–H and O–H groups in total. The van der Waals surface area contributed by atoms with E-state index in [9.17, 15) is 20.0 Å². The Bertz CT molecular complexity index is 1270. The van der Waals surface area contributed by atoms with Crippen molar-refractivity contribution >= 4 is 38.3 Å². The molecular weight excluding hydrogens is 460 g/mol. The van der Waals surface area contributed by atoms with Crippen molar-refractivity contribution in [1.82, 2.24) is 5.32 Å². The summed E-state index contributed by atoms with van der Waals surface area (Å²) in [5.74, 6) is -0.304. The van der Waals surface area contributed by atoms with Crippen molar-refractivity contribution in [2.45, 2.75) is 6.04 Å². The molecule has 0 bridgehead atoms. The minimum atomic E-state index is -0.719. The number of carbonyl (C=O) groups is 1. The Labute approximate surface area is 186 Å². The van der Waals surface area contributed by atoms with Crippen molar-refractivity contribution < 1.29 is 14.8 Å². The predicted octanol–water partition coefficient (Wildman–Crippen LogP) is 5.74. The van der Waals surface area contributed by atoms with E-state index in [1.54, 1.807) is 48.5 Å². The zero-order valence-electron chi connectivity index (χ0n) is 16.2. The van der Waals surface area contributed by atoms with Gasteiger partial charge in [0, 0.05) is 27.7 Å². The summed E-state index contributed by atoms with van der Waals surface area (Å²) in [5.41, 5.74) is 1.54. The molecule has 0 spiro atoms. The summed E-state index contributed by atoms with van der Waals surface area (Å²) in [7, 11) is 0. The lowest BCUT2D eigenvalue weighted by Crippen LogP contribution is -2.29. The van der Waals surface area contributed by atoms with Crippen LogP contribution in [-0.2, 0) is 0 Å². The molecule has 4 aromatic carbocycles. The van der Waals surface area contributed by atoms with E-state index in [0.717, 1.165) is 15.2 Å². The molecular formula is C24H17BrN2O4. The smallest absolute Gasteiger partial charge is 0.269 e. The molecule has 0 heterocycles. The molecule has 31 heavy (non-hydrogen) atoms. The number of rotatable bonds is 5. The molecule has 0 saturated carbocycles. The van der Waals surface area contributed by atoms with Crippen molar-refractivity contribution in [3.63, 3.8) is 0 Å². The topological polar surface area (TPSA) is 92.5 Å². The van der Waals surface area contributed by atoms with E-state index in [1.807, 2.05) is 24.3 Å². The van der Waals surface area contributed by atoms with Gasteiger partial charge in [0.2, 0.25) is 0 Å². The van der Waals surface area contributed by atoms with E-state index in [0.29, 0.717) is 16.7 Å². The monoisotopic (exact) mass is 476 g/mol. The van der Waals surface area contributed by atoms with E-state index >= 15 is 0 Å². The summed E-state index contributed by atoms with van der Waals surface area (Å²) in [6, 6.07) is 23.1. The molecule has 0 radical (unpaired) electrons. The van der Waals surface area contributed by atoms with Crippen LogP contribution in [0, 0.1) is 10.1 Å². The first-order chi connectivity index (χ1) is 14.9. The molecule has 0 aliphatic heterocycles. The first-order valence-corrected chi connectivity index (χ1v) is 10.2. The van der Waals surface area contributed by atoms with Gasteiger partial charge in [-0.3, -0.25) is 14.9 Å². The van der Waals surface area contributed by atoms with Crippen LogP contribution in [0.25, 0.3) is 10.8 Å². The van der Waals surface area contributed by atoms with Crippen LogP contribution >= 0.6 is 15.9 Å². The zero-order chi connectivity index (χ0) is 22.0. The van der Waals surface area contributed by atoms with Gasteiger partial charge in [0.05, 0.1) is 11.0 Å². The lowest BCUT2D eigenvalue weighted by Gasteiger charge is -2.22. The number of nitro groups is 1. The van der Waals surface area contributed by atoms with Crippen molar-refractivity contribution in [3.8, 4) is 5.75 Å². The number of nitrogens with zero attached hydrogens (tertiary/aromatic N) is 1. The highest BCUT2D eigenvalue weighted by molar-refractivity contribution is 9.10. The lowest BCUT2D eigenvalue weighted by atomic mass is 9.92. The Morgan fingerprint density at radius 2 is 1.61 bits per heavy atom. The number of benzene rings is 4. The number of halogens is 1. The average Bonchev–Trinajstić information content (AvgIpc) is 2.78. The number of non-ortho nitro benzene ring substituents is 1. The third-order valence-electron chi connectivity index (χ3n) is 5.06. The van der Waals surface area contributed by atoms with Crippen molar-refractivity contribution in [2.24, 2.45) is 0 Å². The van der Waals surface area contributed by atoms with Crippen LogP contribution in [0.5, 0.6) is 5.75 Å². The number of fused-ring (bicyclic) bond motifs is 1. The minimum Gasteiger partial charge on any atom is -0.508 e. The van der Waals surface area contributed by atoms with Crippen molar-refractivity contribution in [1.29, 1.82) is 0 Å². The highest BCUT2D eigenvalue weighted by atomic mass is 79.9. The number of hydrogen-bond acceptors (Lipinski definition) is 4. The van der Waals surface area contributed by atoms with E-state index in [4.69, 9.17) is 0 Å². The molecule has 0 aliphatic carbocycles. The highest BCUT2D eigenvalue weighted by Crippen LogP contribution is 2.36. The van der Waals surface area contributed by atoms with Gasteiger partial charge in [0.15, 0.2) is 0 Å². The summed E-state index contributed by atoms with van der Waals surface area (Å²) in [5, 5.41) is 26.5. The molecule has 0 fully saturated rings. The van der Waals surface area contributed by atoms with Gasteiger partial charge in [0.25, 0.3) is 11.6 Å². The molecule has 1 atom stereocenters. The number of amides is 1. The largest absolute Gasteiger partial charge is 0.508 e. The average molecular weight is 477 g/mol. The number of phenolic OH excluding ortho intramolecular Hbond substituents is 1. The Morgan fingerprint density at radius 3 is 2.29 bits per heavy atom. The lowest BCUT2D eigenvalue weighted by molar-refractivity contribution is -0.384. The summed E-state index contributed by atoms with van der Waals surface area (Å²) in [4.78, 5) is 23.6. The molecule has 1 amide bonds. The van der Waals surface area contributed by atoms with E-state index < -0.39 is 11.0 Å². The Morgan fingerprint density at radius 1 is 0.935 bits per heavy atom. The maximum Gasteiger partial charge on any atom is 0.269 e. The van der Waals surface area contributed by atoms with Gasteiger partial charge in [-0.2, -0.15) is 0 Å². The first kappa shape index (κ1) is 20.6. The predicted molar refractivity (Wildman–Crippen MR) is 122 cm³/mol. The molecule has 0 aliphatic rings. The van der Waals surface area contributed by atoms with Gasteiger partial charge in [0.1, 0.15) is 5.75 Å². The normalized spacial score (nSPS) is 11.8. The van der Waals surface area contributed by atoms with E-state index in [-0.39, 0.29) is 17.3 Å². The zero-order valence-corrected chi connectivity index (χ0v) is 17.7. The fraction of sp³-hybridized carbons (Fsp3) is 0.0417. The van der Waals surface area contributed by atoms with Gasteiger partial charge in [-0.15, -0.1) is 0 Å². The standard InChI is InChI=1S/C24H17BrN2O4/c25-18-10-5-17(6-11-18)24(29)26-23(16-7-12-19(13-8-16)27(30)31)22-20-4-2-1-3-15(20)9-14-21(22)28/h1-14,23,28H,(H,26,29). The van der Waals surface area contributed by atoms with Crippen molar-refractivity contribution in [2.75, 3.05) is 0 Å². The second-order valence-electron chi connectivity index (χ2n) is 6.98. The molecule has 4 aromatic rings. The maximum absolute atomic E-state index is 13.0. The molecule has 1 unspecified atom stereocenters. The highest BCUT2D eigenvalue weighted by Gasteiger charge is 2.24. The van der Waals surface area contributed by atoms with E-state index in [1.165, 1.54) is 12.1 Å². The number of aromatic hydroxyl groups is 1. The van der Waals surface area contributed by atoms with Crippen LogP contribution in [0.4, 0.5) is 5.69 Å². The summed E-state index contributed by atoms with van der Waals surface area (Å²) >= 11 is 3.35. The SMILES string of the molecule is O=C(NC(c1ccc([N+](=O)[O-])cc1)c1c(O)ccc2ccccc12)c1ccc(Br)cc1. The van der Waals surface area contributed by atoms with Gasteiger partial charge >= 0.3 is 0 Å². The van der Waals surface area contributed by atoms with Crippen LogP contribution in [0.2, 0.25) is 0 Å². The Hall–Kier alpha value is -3.71. The van der Waals surface area contributed by atoms with Crippen LogP contribution in [0.15, 0.2) is 89.4 Å². The third kappa shape index (κ3) is 4.27. The number of nitro benzene ring substituents is 1. The second kappa shape index (κ2) is 8.57. The van der Waals surface area contributed by atoms with Crippen LogP contribution in [-0.4, -0.2) is 15.9 Å². The van der Waals surface area contributed by atoms with Crippen LogP contribution in [0.1, 0.15) is 27.5 Å². The molecule has 0 saturated heterocycles. The molecule has 154 valence electrons. The Kier molecular flexibility index (Phi) is 5.68. The van der Waals surface area contributed by atoms with Crippen molar-refractivity contribution in [3.05, 3.63) is 116 Å². The summed E-state index contributed by atoms with van der Waals surface area (Å²) in [6.45, 7) is 0. The van der Waals surface area contributed by atoms with Gasteiger partial charge in [-0.05, 0) is 58.8 Å². The Balaban J connectivity index is 1.83.